The molecule has 1 aromatic heterocycles. The summed E-state index contributed by atoms with van der Waals surface area (Å²) in [5.41, 5.74) is 0.476. The zero-order valence-electron chi connectivity index (χ0n) is 20.0. The average Bonchev–Trinajstić information content (AvgIpc) is 3.18. The third-order valence-electron chi connectivity index (χ3n) is 7.20. The minimum absolute atomic E-state index is 0.339. The minimum atomic E-state index is -4.27. The molecule has 34 heavy (non-hydrogen) atoms. The van der Waals surface area contributed by atoms with Crippen LogP contribution in [0.15, 0.2) is 29.4 Å². The van der Waals surface area contributed by atoms with E-state index in [1.807, 2.05) is 0 Å². The number of alkyl halides is 3. The molecule has 0 saturated carbocycles. The predicted molar refractivity (Wildman–Crippen MR) is 130 cm³/mol. The molecule has 2 aliphatic rings. The molecule has 1 N–H and O–H groups in total. The zero-order chi connectivity index (χ0) is 24.0. The fourth-order valence-corrected chi connectivity index (χ4v) is 6.00. The predicted octanol–water partition coefficient (Wildman–Crippen LogP) is 5.44. The Balaban J connectivity index is 1.22. The van der Waals surface area contributed by atoms with Crippen LogP contribution in [0.1, 0.15) is 73.7 Å². The van der Waals surface area contributed by atoms with Gasteiger partial charge in [-0.1, -0.05) is 30.3 Å². The Labute approximate surface area is 204 Å². The molecular weight excluding hydrogens is 459 g/mol. The molecule has 2 saturated heterocycles. The maximum Gasteiger partial charge on any atom is 0.416 e. The van der Waals surface area contributed by atoms with Gasteiger partial charge in [-0.25, -0.2) is 0 Å². The van der Waals surface area contributed by atoms with E-state index in [0.29, 0.717) is 11.8 Å². The van der Waals surface area contributed by atoms with Crippen LogP contribution >= 0.6 is 11.8 Å². The van der Waals surface area contributed by atoms with Crippen LogP contribution in [-0.4, -0.2) is 58.1 Å². The highest BCUT2D eigenvalue weighted by atomic mass is 32.2. The summed E-state index contributed by atoms with van der Waals surface area (Å²) in [5, 5.41) is 13.3. The third-order valence-corrected chi connectivity index (χ3v) is 8.31. The Morgan fingerprint density at radius 2 is 1.74 bits per heavy atom. The van der Waals surface area contributed by atoms with Crippen molar-refractivity contribution in [3.8, 4) is 0 Å². The van der Waals surface area contributed by atoms with Crippen molar-refractivity contribution in [2.24, 2.45) is 7.05 Å². The number of halogens is 3. The van der Waals surface area contributed by atoms with Crippen molar-refractivity contribution < 1.29 is 13.2 Å². The highest BCUT2D eigenvalue weighted by Crippen LogP contribution is 2.33. The molecule has 0 radical (unpaired) electrons. The number of aromatic nitrogens is 3. The average molecular weight is 496 g/mol. The topological polar surface area (TPSA) is 46.0 Å². The van der Waals surface area contributed by atoms with Crippen LogP contribution < -0.4 is 5.32 Å². The summed E-state index contributed by atoms with van der Waals surface area (Å²) in [6.45, 7) is 5.26. The second-order valence-corrected chi connectivity index (χ2v) is 10.6. The normalized spacial score (nSPS) is 21.4. The van der Waals surface area contributed by atoms with Crippen LogP contribution in [0.5, 0.6) is 0 Å². The Kier molecular flexibility index (Phi) is 8.93. The summed E-state index contributed by atoms with van der Waals surface area (Å²) >= 11 is 1.79. The van der Waals surface area contributed by atoms with Crippen LogP contribution in [0.4, 0.5) is 13.2 Å². The third kappa shape index (κ3) is 6.76. The van der Waals surface area contributed by atoms with E-state index in [4.69, 9.17) is 0 Å². The van der Waals surface area contributed by atoms with Gasteiger partial charge in [-0.3, -0.25) is 0 Å². The van der Waals surface area contributed by atoms with Crippen molar-refractivity contribution >= 4 is 11.8 Å². The number of likely N-dealkylation sites (tertiary alicyclic amines) is 1. The van der Waals surface area contributed by atoms with Crippen molar-refractivity contribution in [1.82, 2.24) is 25.0 Å². The first-order valence-electron chi connectivity index (χ1n) is 12.5. The Hall–Kier alpha value is -1.58. The fourth-order valence-electron chi connectivity index (χ4n) is 5.16. The van der Waals surface area contributed by atoms with Gasteiger partial charge in [-0.2, -0.15) is 13.2 Å². The van der Waals surface area contributed by atoms with E-state index in [1.165, 1.54) is 12.1 Å². The Morgan fingerprint density at radius 1 is 0.971 bits per heavy atom. The van der Waals surface area contributed by atoms with Crippen molar-refractivity contribution in [1.29, 1.82) is 0 Å². The Bertz CT molecular complexity index is 893. The summed E-state index contributed by atoms with van der Waals surface area (Å²) in [6, 6.07) is 5.81. The number of piperidine rings is 1. The SMILES string of the molecule is Cn1c(SCCCN2CCCCC(c3ccc(C(F)(F)F)cc3)CC2)nnc1C1CCNCC1. The van der Waals surface area contributed by atoms with Crippen LogP contribution in [0, 0.1) is 0 Å². The fraction of sp³-hybridized carbons (Fsp3) is 0.680. The van der Waals surface area contributed by atoms with E-state index >= 15 is 0 Å². The molecule has 2 aromatic rings. The van der Waals surface area contributed by atoms with E-state index in [0.717, 1.165) is 100.0 Å². The van der Waals surface area contributed by atoms with Crippen molar-refractivity contribution in [2.75, 3.05) is 38.5 Å². The molecule has 4 rings (SSSR count). The lowest BCUT2D eigenvalue weighted by molar-refractivity contribution is -0.137. The van der Waals surface area contributed by atoms with Gasteiger partial charge in [-0.05, 0) is 94.9 Å². The summed E-state index contributed by atoms with van der Waals surface area (Å²) in [4.78, 5) is 2.52. The van der Waals surface area contributed by atoms with Crippen LogP contribution in [0.2, 0.25) is 0 Å². The van der Waals surface area contributed by atoms with Gasteiger partial charge in [-0.15, -0.1) is 10.2 Å². The molecule has 2 aliphatic heterocycles. The molecule has 0 spiro atoms. The molecule has 2 fully saturated rings. The standard InChI is InChI=1S/C25H36F3N5S/c1-32-23(21-10-13-29-14-11-21)30-31-24(32)34-18-4-16-33-15-3-2-5-19(12-17-33)20-6-8-22(9-7-20)25(26,27)28/h6-9,19,21,29H,2-5,10-18H2,1H3. The van der Waals surface area contributed by atoms with Crippen molar-refractivity contribution in [3.05, 3.63) is 41.2 Å². The molecule has 9 heteroatoms. The first-order valence-corrected chi connectivity index (χ1v) is 13.5. The van der Waals surface area contributed by atoms with E-state index in [-0.39, 0.29) is 0 Å². The molecule has 0 bridgehead atoms. The maximum absolute atomic E-state index is 12.9. The molecule has 3 heterocycles. The number of thioether (sulfide) groups is 1. The largest absolute Gasteiger partial charge is 0.416 e. The van der Waals surface area contributed by atoms with E-state index < -0.39 is 11.7 Å². The van der Waals surface area contributed by atoms with Gasteiger partial charge >= 0.3 is 6.18 Å². The lowest BCUT2D eigenvalue weighted by Crippen LogP contribution is -2.30. The lowest BCUT2D eigenvalue weighted by Gasteiger charge is -2.28. The van der Waals surface area contributed by atoms with Crippen molar-refractivity contribution in [2.45, 2.75) is 68.1 Å². The number of hydrogen-bond acceptors (Lipinski definition) is 5. The van der Waals surface area contributed by atoms with Crippen LogP contribution in [0.3, 0.4) is 0 Å². The number of rotatable bonds is 7. The van der Waals surface area contributed by atoms with Crippen molar-refractivity contribution in [3.63, 3.8) is 0 Å². The molecule has 1 aromatic carbocycles. The van der Waals surface area contributed by atoms with Gasteiger partial charge in [0.1, 0.15) is 5.82 Å². The zero-order valence-corrected chi connectivity index (χ0v) is 20.8. The van der Waals surface area contributed by atoms with E-state index in [9.17, 15) is 13.2 Å². The van der Waals surface area contributed by atoms with Gasteiger partial charge in [0.05, 0.1) is 5.56 Å². The Morgan fingerprint density at radius 3 is 2.47 bits per heavy atom. The van der Waals surface area contributed by atoms with E-state index in [1.54, 1.807) is 23.9 Å². The highest BCUT2D eigenvalue weighted by Gasteiger charge is 2.30. The number of benzene rings is 1. The summed E-state index contributed by atoms with van der Waals surface area (Å²) < 4.78 is 40.8. The second-order valence-electron chi connectivity index (χ2n) is 9.57. The van der Waals surface area contributed by atoms with Crippen LogP contribution in [-0.2, 0) is 13.2 Å². The summed E-state index contributed by atoms with van der Waals surface area (Å²) in [5.74, 6) is 2.97. The van der Waals surface area contributed by atoms with Gasteiger partial charge < -0.3 is 14.8 Å². The molecule has 0 aliphatic carbocycles. The first kappa shape index (κ1) is 25.5. The van der Waals surface area contributed by atoms with E-state index in [2.05, 4.69) is 32.0 Å². The van der Waals surface area contributed by atoms with Crippen LogP contribution in [0.25, 0.3) is 0 Å². The molecule has 1 atom stereocenters. The van der Waals surface area contributed by atoms with Gasteiger partial charge in [0, 0.05) is 18.7 Å². The highest BCUT2D eigenvalue weighted by molar-refractivity contribution is 7.99. The minimum Gasteiger partial charge on any atom is -0.317 e. The van der Waals surface area contributed by atoms with Gasteiger partial charge in [0.2, 0.25) is 0 Å². The number of hydrogen-bond donors (Lipinski definition) is 1. The molecule has 0 amide bonds. The molecule has 188 valence electrons. The maximum atomic E-state index is 12.9. The smallest absolute Gasteiger partial charge is 0.317 e. The summed E-state index contributed by atoms with van der Waals surface area (Å²) in [6.07, 6.45) is 3.39. The van der Waals surface area contributed by atoms with Gasteiger partial charge in [0.25, 0.3) is 0 Å². The second kappa shape index (κ2) is 11.9. The number of nitrogens with one attached hydrogen (secondary N) is 1. The number of nitrogens with zero attached hydrogens (tertiary/aromatic N) is 4. The molecule has 5 nitrogen and oxygen atoms in total. The quantitative estimate of drug-likeness (QED) is 0.409. The van der Waals surface area contributed by atoms with Gasteiger partial charge in [0.15, 0.2) is 5.16 Å². The molecular formula is C25H36F3N5S. The molecule has 1 unspecified atom stereocenters. The monoisotopic (exact) mass is 495 g/mol. The summed E-state index contributed by atoms with van der Waals surface area (Å²) in [7, 11) is 2.08. The lowest BCUT2D eigenvalue weighted by atomic mass is 9.88. The first-order chi connectivity index (χ1) is 16.4.